The van der Waals surface area contributed by atoms with Gasteiger partial charge in [0.25, 0.3) is 0 Å². The van der Waals surface area contributed by atoms with Crippen LogP contribution in [0.15, 0.2) is 0 Å². The second kappa shape index (κ2) is 6.75. The van der Waals surface area contributed by atoms with Crippen molar-refractivity contribution in [2.75, 3.05) is 26.2 Å². The highest BCUT2D eigenvalue weighted by molar-refractivity contribution is 4.87. The first kappa shape index (κ1) is 15.8. The Morgan fingerprint density at radius 2 is 1.78 bits per heavy atom. The molecule has 18 heavy (non-hydrogen) atoms. The van der Waals surface area contributed by atoms with E-state index in [0.717, 1.165) is 32.1 Å². The van der Waals surface area contributed by atoms with Crippen LogP contribution in [-0.2, 0) is 0 Å². The second-order valence-corrected chi connectivity index (χ2v) is 5.59. The quantitative estimate of drug-likeness (QED) is 0.800. The molecular formula is C13H25F3N2. The van der Waals surface area contributed by atoms with Gasteiger partial charge in [-0.3, -0.25) is 4.90 Å². The molecule has 0 aromatic rings. The third-order valence-electron chi connectivity index (χ3n) is 3.85. The number of hydrogen-bond donors (Lipinski definition) is 1. The lowest BCUT2D eigenvalue weighted by atomic mass is 9.73. The summed E-state index contributed by atoms with van der Waals surface area (Å²) in [7, 11) is 0. The summed E-state index contributed by atoms with van der Waals surface area (Å²) in [6, 6.07) is 0. The van der Waals surface area contributed by atoms with E-state index in [-0.39, 0.29) is 5.41 Å². The van der Waals surface area contributed by atoms with Crippen LogP contribution in [0.25, 0.3) is 0 Å². The van der Waals surface area contributed by atoms with Crippen LogP contribution in [0.5, 0.6) is 0 Å². The lowest BCUT2D eigenvalue weighted by molar-refractivity contribution is -0.149. The van der Waals surface area contributed by atoms with E-state index in [1.807, 2.05) is 6.92 Å². The zero-order chi connectivity index (χ0) is 13.6. The van der Waals surface area contributed by atoms with Crippen LogP contribution in [0.1, 0.15) is 45.4 Å². The fraction of sp³-hybridized carbons (Fsp3) is 1.00. The number of nitrogens with zero attached hydrogens (tertiary/aromatic N) is 1. The minimum absolute atomic E-state index is 0.0847. The van der Waals surface area contributed by atoms with E-state index in [9.17, 15) is 13.2 Å². The third-order valence-corrected chi connectivity index (χ3v) is 3.85. The van der Waals surface area contributed by atoms with Crippen molar-refractivity contribution in [1.29, 1.82) is 0 Å². The first-order valence-electron chi connectivity index (χ1n) is 6.90. The molecule has 1 rings (SSSR count). The standard InChI is InChI=1S/C13H25F3N2/c1-2-8-18(11-13(14,15)16)10-12(9-17)6-4-3-5-7-12/h2-11,17H2,1H3. The van der Waals surface area contributed by atoms with Crippen LogP contribution < -0.4 is 5.73 Å². The Morgan fingerprint density at radius 3 is 2.22 bits per heavy atom. The lowest BCUT2D eigenvalue weighted by Gasteiger charge is -2.40. The topological polar surface area (TPSA) is 29.3 Å². The van der Waals surface area contributed by atoms with Gasteiger partial charge in [0.05, 0.1) is 6.54 Å². The molecule has 0 amide bonds. The number of nitrogens with two attached hydrogens (primary N) is 1. The van der Waals surface area contributed by atoms with Crippen LogP contribution >= 0.6 is 0 Å². The minimum Gasteiger partial charge on any atom is -0.330 e. The van der Waals surface area contributed by atoms with Crippen LogP contribution in [0, 0.1) is 5.41 Å². The number of rotatable bonds is 6. The van der Waals surface area contributed by atoms with Crippen molar-refractivity contribution < 1.29 is 13.2 Å². The van der Waals surface area contributed by atoms with E-state index in [1.54, 1.807) is 0 Å². The molecule has 5 heteroatoms. The molecular weight excluding hydrogens is 241 g/mol. The number of hydrogen-bond acceptors (Lipinski definition) is 2. The molecule has 2 N–H and O–H groups in total. The molecule has 0 atom stereocenters. The van der Waals surface area contributed by atoms with Crippen molar-refractivity contribution in [2.45, 2.75) is 51.6 Å². The number of halogens is 3. The van der Waals surface area contributed by atoms with Crippen molar-refractivity contribution in [3.8, 4) is 0 Å². The molecule has 0 radical (unpaired) electrons. The normalized spacial score (nSPS) is 20.3. The summed E-state index contributed by atoms with van der Waals surface area (Å²) in [6.45, 7) is 2.62. The summed E-state index contributed by atoms with van der Waals surface area (Å²) in [5.74, 6) is 0. The Bertz CT molecular complexity index is 235. The van der Waals surface area contributed by atoms with Crippen molar-refractivity contribution in [3.63, 3.8) is 0 Å². The van der Waals surface area contributed by atoms with Gasteiger partial charge in [-0.05, 0) is 37.8 Å². The van der Waals surface area contributed by atoms with Crippen molar-refractivity contribution in [2.24, 2.45) is 11.1 Å². The summed E-state index contributed by atoms with van der Waals surface area (Å²) < 4.78 is 37.6. The zero-order valence-corrected chi connectivity index (χ0v) is 11.2. The van der Waals surface area contributed by atoms with Gasteiger partial charge in [0.15, 0.2) is 0 Å². The van der Waals surface area contributed by atoms with Crippen LogP contribution in [0.4, 0.5) is 13.2 Å². The fourth-order valence-corrected chi connectivity index (χ4v) is 2.99. The Kier molecular flexibility index (Phi) is 5.92. The van der Waals surface area contributed by atoms with Crippen LogP contribution in [0.3, 0.4) is 0 Å². The van der Waals surface area contributed by atoms with Crippen molar-refractivity contribution >= 4 is 0 Å². The molecule has 1 aliphatic carbocycles. The maximum absolute atomic E-state index is 12.5. The van der Waals surface area contributed by atoms with Gasteiger partial charge in [0.1, 0.15) is 0 Å². The van der Waals surface area contributed by atoms with Crippen LogP contribution in [0.2, 0.25) is 0 Å². The third kappa shape index (κ3) is 5.14. The molecule has 1 aliphatic rings. The van der Waals surface area contributed by atoms with E-state index in [4.69, 9.17) is 5.73 Å². The van der Waals surface area contributed by atoms with Gasteiger partial charge in [0.2, 0.25) is 0 Å². The highest BCUT2D eigenvalue weighted by atomic mass is 19.4. The maximum atomic E-state index is 12.5. The van der Waals surface area contributed by atoms with Gasteiger partial charge in [-0.2, -0.15) is 13.2 Å². The molecule has 0 unspecified atom stereocenters. The molecule has 1 fully saturated rings. The molecule has 0 aromatic carbocycles. The molecule has 0 spiro atoms. The Hall–Kier alpha value is -0.290. The minimum atomic E-state index is -4.11. The molecule has 0 bridgehead atoms. The molecule has 108 valence electrons. The lowest BCUT2D eigenvalue weighted by Crippen LogP contribution is -2.47. The summed E-state index contributed by atoms with van der Waals surface area (Å²) >= 11 is 0. The predicted octanol–water partition coefficient (Wildman–Crippen LogP) is 3.17. The molecule has 1 saturated carbocycles. The van der Waals surface area contributed by atoms with Gasteiger partial charge < -0.3 is 5.73 Å². The highest BCUT2D eigenvalue weighted by Gasteiger charge is 2.36. The van der Waals surface area contributed by atoms with E-state index in [1.165, 1.54) is 11.3 Å². The second-order valence-electron chi connectivity index (χ2n) is 5.59. The molecule has 0 saturated heterocycles. The monoisotopic (exact) mass is 266 g/mol. The van der Waals surface area contributed by atoms with E-state index < -0.39 is 12.7 Å². The van der Waals surface area contributed by atoms with E-state index >= 15 is 0 Å². The van der Waals surface area contributed by atoms with Gasteiger partial charge in [0, 0.05) is 6.54 Å². The molecule has 2 nitrogen and oxygen atoms in total. The predicted molar refractivity (Wildman–Crippen MR) is 67.4 cm³/mol. The van der Waals surface area contributed by atoms with Crippen molar-refractivity contribution in [3.05, 3.63) is 0 Å². The maximum Gasteiger partial charge on any atom is 0.401 e. The van der Waals surface area contributed by atoms with Gasteiger partial charge >= 0.3 is 6.18 Å². The van der Waals surface area contributed by atoms with Gasteiger partial charge in [-0.1, -0.05) is 26.2 Å². The Balaban J connectivity index is 2.62. The van der Waals surface area contributed by atoms with Gasteiger partial charge in [-0.25, -0.2) is 0 Å². The van der Waals surface area contributed by atoms with Gasteiger partial charge in [-0.15, -0.1) is 0 Å². The molecule has 0 heterocycles. The SMILES string of the molecule is CCCN(CC(F)(F)F)CC1(CN)CCCCC1. The van der Waals surface area contributed by atoms with Crippen LogP contribution in [-0.4, -0.2) is 37.3 Å². The number of alkyl halides is 3. The summed E-state index contributed by atoms with van der Waals surface area (Å²) in [5, 5.41) is 0. The molecule has 0 aromatic heterocycles. The van der Waals surface area contributed by atoms with E-state index in [2.05, 4.69) is 0 Å². The highest BCUT2D eigenvalue weighted by Crippen LogP contribution is 2.36. The Labute approximate surface area is 108 Å². The van der Waals surface area contributed by atoms with Crippen molar-refractivity contribution in [1.82, 2.24) is 4.90 Å². The first-order chi connectivity index (χ1) is 8.41. The smallest absolute Gasteiger partial charge is 0.330 e. The van der Waals surface area contributed by atoms with E-state index in [0.29, 0.717) is 19.6 Å². The summed E-state index contributed by atoms with van der Waals surface area (Å²) in [5.41, 5.74) is 5.75. The largest absolute Gasteiger partial charge is 0.401 e. The summed E-state index contributed by atoms with van der Waals surface area (Å²) in [4.78, 5) is 1.54. The molecule has 0 aliphatic heterocycles. The zero-order valence-electron chi connectivity index (χ0n) is 11.2. The average molecular weight is 266 g/mol. The first-order valence-corrected chi connectivity index (χ1v) is 6.90. The fourth-order valence-electron chi connectivity index (χ4n) is 2.99. The Morgan fingerprint density at radius 1 is 1.17 bits per heavy atom. The summed E-state index contributed by atoms with van der Waals surface area (Å²) in [6.07, 6.45) is 1.97. The average Bonchev–Trinajstić information content (AvgIpc) is 2.28.